The Labute approximate surface area is 184 Å². The van der Waals surface area contributed by atoms with Gasteiger partial charge in [0, 0.05) is 17.8 Å². The average Bonchev–Trinajstić information content (AvgIpc) is 2.69. The normalized spacial score (nSPS) is 16.6. The maximum absolute atomic E-state index is 12.7. The maximum atomic E-state index is 12.7. The summed E-state index contributed by atoms with van der Waals surface area (Å²) < 4.78 is 10.2. The number of nitrogens with zero attached hydrogens (tertiary/aromatic N) is 1. The first-order valence-electron chi connectivity index (χ1n) is 9.25. The largest absolute Gasteiger partial charge is 0.478 e. The molecule has 7 nitrogen and oxygen atoms in total. The lowest BCUT2D eigenvalue weighted by Crippen LogP contribution is -2.36. The van der Waals surface area contributed by atoms with E-state index in [-0.39, 0.29) is 34.3 Å². The smallest absolute Gasteiger partial charge is 0.336 e. The number of ether oxygens (including phenoxy) is 2. The monoisotopic (exact) mass is 455 g/mol. The third kappa shape index (κ3) is 4.63. The van der Waals surface area contributed by atoms with Crippen molar-refractivity contribution in [3.05, 3.63) is 56.3 Å². The third-order valence-electron chi connectivity index (χ3n) is 4.90. The van der Waals surface area contributed by atoms with Crippen molar-refractivity contribution in [1.29, 1.82) is 0 Å². The summed E-state index contributed by atoms with van der Waals surface area (Å²) in [6.07, 6.45) is 0.849. The zero-order valence-corrected chi connectivity index (χ0v) is 18.6. The highest BCUT2D eigenvalue weighted by Crippen LogP contribution is 2.45. The Kier molecular flexibility index (Phi) is 7.92. The highest BCUT2D eigenvalue weighted by atomic mass is 35.5. The molecular weight excluding hydrogens is 433 g/mol. The number of hydrogen-bond acceptors (Lipinski definition) is 6. The summed E-state index contributed by atoms with van der Waals surface area (Å²) in [6.45, 7) is 4.83. The Balaban J connectivity index is 2.68. The lowest BCUT2D eigenvalue weighted by molar-refractivity contribution is -0.147. The minimum Gasteiger partial charge on any atom is -0.478 e. The number of aliphatic carboxylic acids is 1. The minimum atomic E-state index is -1.24. The molecule has 0 bridgehead atoms. The van der Waals surface area contributed by atoms with Crippen LogP contribution in [0.25, 0.3) is 0 Å². The van der Waals surface area contributed by atoms with Crippen molar-refractivity contribution in [3.8, 4) is 0 Å². The lowest BCUT2D eigenvalue weighted by Gasteiger charge is -2.37. The molecule has 0 unspecified atom stereocenters. The number of hydrogen-bond donors (Lipinski definition) is 1. The van der Waals surface area contributed by atoms with E-state index >= 15 is 0 Å². The maximum Gasteiger partial charge on any atom is 0.336 e. The molecule has 0 saturated heterocycles. The van der Waals surface area contributed by atoms with E-state index in [0.717, 1.165) is 0 Å². The van der Waals surface area contributed by atoms with Crippen LogP contribution >= 0.6 is 23.2 Å². The molecule has 0 spiro atoms. The summed E-state index contributed by atoms with van der Waals surface area (Å²) >= 11 is 12.5. The summed E-state index contributed by atoms with van der Waals surface area (Å²) in [5, 5.41) is 10.4. The van der Waals surface area contributed by atoms with E-state index in [9.17, 15) is 19.5 Å². The van der Waals surface area contributed by atoms with Crippen molar-refractivity contribution in [2.24, 2.45) is 0 Å². The fraction of sp³-hybridized carbons (Fsp3) is 0.381. The molecule has 1 aliphatic rings. The van der Waals surface area contributed by atoms with Crippen molar-refractivity contribution in [2.45, 2.75) is 39.5 Å². The average molecular weight is 456 g/mol. The summed E-state index contributed by atoms with van der Waals surface area (Å²) in [4.78, 5) is 38.3. The molecule has 0 fully saturated rings. The van der Waals surface area contributed by atoms with Crippen LogP contribution in [0.15, 0.2) is 40.7 Å². The van der Waals surface area contributed by atoms with Gasteiger partial charge >= 0.3 is 17.9 Å². The van der Waals surface area contributed by atoms with Crippen molar-refractivity contribution >= 4 is 41.1 Å². The van der Waals surface area contributed by atoms with Crippen LogP contribution in [-0.4, -0.2) is 41.8 Å². The van der Waals surface area contributed by atoms with Gasteiger partial charge in [-0.1, -0.05) is 42.3 Å². The molecule has 1 atom stereocenters. The van der Waals surface area contributed by atoms with Gasteiger partial charge in [0.1, 0.15) is 0 Å². The number of benzene rings is 1. The first kappa shape index (κ1) is 23.8. The number of carboxylic acids is 1. The van der Waals surface area contributed by atoms with E-state index in [1.165, 1.54) is 12.0 Å². The molecule has 30 heavy (non-hydrogen) atoms. The third-order valence-corrected chi connectivity index (χ3v) is 5.74. The van der Waals surface area contributed by atoms with Gasteiger partial charge in [-0.15, -0.1) is 0 Å². The highest BCUT2D eigenvalue weighted by molar-refractivity contribution is 6.42. The number of carbonyl (C=O) groups is 3. The summed E-state index contributed by atoms with van der Waals surface area (Å²) in [7, 11) is 1.20. The standard InChI is InChI=1S/C21H23Cl2NO6/c1-5-7-15(25)30-10-24-11(2)16(20(26)27)18(17(12(24)3)21(28)29-4)13-8-6-9-14(22)19(13)23/h6,8-9,18H,5,7,10H2,1-4H3,(H,26,27)/t18-/m1/s1. The second kappa shape index (κ2) is 10.00. The number of carbonyl (C=O) groups excluding carboxylic acids is 2. The molecule has 1 aliphatic heterocycles. The molecule has 0 radical (unpaired) electrons. The van der Waals surface area contributed by atoms with Crippen LogP contribution in [0, 0.1) is 0 Å². The quantitative estimate of drug-likeness (QED) is 0.604. The van der Waals surface area contributed by atoms with Gasteiger partial charge < -0.3 is 19.5 Å². The summed E-state index contributed by atoms with van der Waals surface area (Å²) in [5.41, 5.74) is 1.07. The van der Waals surface area contributed by atoms with Crippen molar-refractivity contribution in [1.82, 2.24) is 4.90 Å². The van der Waals surface area contributed by atoms with Crippen molar-refractivity contribution < 1.29 is 29.0 Å². The molecule has 0 amide bonds. The van der Waals surface area contributed by atoms with Crippen LogP contribution in [0.1, 0.15) is 45.1 Å². The van der Waals surface area contributed by atoms with Crippen LogP contribution in [0.5, 0.6) is 0 Å². The van der Waals surface area contributed by atoms with Crippen molar-refractivity contribution in [3.63, 3.8) is 0 Å². The minimum absolute atomic E-state index is 0.0798. The van der Waals surface area contributed by atoms with Gasteiger partial charge in [0.15, 0.2) is 6.73 Å². The second-order valence-electron chi connectivity index (χ2n) is 6.69. The molecule has 1 aromatic carbocycles. The Morgan fingerprint density at radius 2 is 1.77 bits per heavy atom. The van der Waals surface area contributed by atoms with E-state index in [4.69, 9.17) is 32.7 Å². The number of esters is 2. The first-order chi connectivity index (χ1) is 14.1. The van der Waals surface area contributed by atoms with Gasteiger partial charge in [-0.2, -0.15) is 0 Å². The lowest BCUT2D eigenvalue weighted by atomic mass is 9.80. The van der Waals surface area contributed by atoms with Gasteiger partial charge in [0.2, 0.25) is 0 Å². The fourth-order valence-electron chi connectivity index (χ4n) is 3.42. The van der Waals surface area contributed by atoms with Gasteiger partial charge in [-0.05, 0) is 31.9 Å². The summed E-state index contributed by atoms with van der Waals surface area (Å²) in [6, 6.07) is 4.81. The van der Waals surface area contributed by atoms with Crippen LogP contribution in [0.2, 0.25) is 10.0 Å². The number of rotatable bonds is 7. The predicted molar refractivity (Wildman–Crippen MR) is 112 cm³/mol. The van der Waals surface area contributed by atoms with Gasteiger partial charge in [-0.25, -0.2) is 9.59 Å². The summed E-state index contributed by atoms with van der Waals surface area (Å²) in [5.74, 6) is -3.39. The zero-order valence-electron chi connectivity index (χ0n) is 17.1. The Morgan fingerprint density at radius 1 is 1.13 bits per heavy atom. The van der Waals surface area contributed by atoms with E-state index in [1.807, 2.05) is 6.92 Å². The first-order valence-corrected chi connectivity index (χ1v) is 10.0. The zero-order chi connectivity index (χ0) is 22.6. The molecule has 1 N–H and O–H groups in total. The SMILES string of the molecule is CCCC(=O)OCN1C(C)=C(C(=O)O)[C@@H](c2cccc(Cl)c2Cl)C(C(=O)OC)=C1C. The topological polar surface area (TPSA) is 93.1 Å². The molecule has 2 rings (SSSR count). The predicted octanol–water partition coefficient (Wildman–Crippen LogP) is 4.50. The highest BCUT2D eigenvalue weighted by Gasteiger charge is 2.41. The van der Waals surface area contributed by atoms with Crippen molar-refractivity contribution in [2.75, 3.05) is 13.8 Å². The molecule has 0 saturated carbocycles. The van der Waals surface area contributed by atoms with E-state index in [1.54, 1.807) is 32.0 Å². The molecule has 0 aromatic heterocycles. The number of halogens is 2. The Morgan fingerprint density at radius 3 is 2.33 bits per heavy atom. The molecule has 162 valence electrons. The van der Waals surface area contributed by atoms with Crippen LogP contribution in [-0.2, 0) is 23.9 Å². The van der Waals surface area contributed by atoms with Crippen LogP contribution in [0.3, 0.4) is 0 Å². The van der Waals surface area contributed by atoms with Gasteiger partial charge in [0.05, 0.1) is 34.2 Å². The Bertz CT molecular complexity index is 937. The molecule has 9 heteroatoms. The van der Waals surface area contributed by atoms with E-state index in [0.29, 0.717) is 23.4 Å². The second-order valence-corrected chi connectivity index (χ2v) is 7.48. The molecular formula is C21H23Cl2NO6. The fourth-order valence-corrected chi connectivity index (χ4v) is 3.84. The van der Waals surface area contributed by atoms with Crippen LogP contribution < -0.4 is 0 Å². The van der Waals surface area contributed by atoms with E-state index in [2.05, 4.69) is 0 Å². The Hall–Kier alpha value is -2.51. The number of allylic oxidation sites excluding steroid dienone is 2. The van der Waals surface area contributed by atoms with E-state index < -0.39 is 23.8 Å². The van der Waals surface area contributed by atoms with Gasteiger partial charge in [0.25, 0.3) is 0 Å². The molecule has 0 aliphatic carbocycles. The number of carboxylic acid groups (broad SMARTS) is 1. The number of methoxy groups -OCH3 is 1. The van der Waals surface area contributed by atoms with Crippen LogP contribution in [0.4, 0.5) is 0 Å². The molecule has 1 aromatic rings. The van der Waals surface area contributed by atoms with Gasteiger partial charge in [-0.3, -0.25) is 4.79 Å². The molecule has 1 heterocycles.